The minimum Gasteiger partial charge on any atom is -0.354 e. The Balaban J connectivity index is 1.53. The van der Waals surface area contributed by atoms with E-state index >= 15 is 0 Å². The molecule has 0 fully saturated rings. The zero-order valence-electron chi connectivity index (χ0n) is 18.5. The minimum absolute atomic E-state index is 1.01. The zero-order chi connectivity index (χ0) is 21.9. The van der Waals surface area contributed by atoms with Gasteiger partial charge in [-0.2, -0.15) is 0 Å². The second kappa shape index (κ2) is 6.95. The Kier molecular flexibility index (Phi) is 3.89. The minimum atomic E-state index is 1.01. The SMILES string of the molecule is Cc1ccc2c(c1)-c1ccccc1-c1cccc(-c3cccc4c3-c3ccccc3C4)c1N2. The maximum atomic E-state index is 3.86. The highest BCUT2D eigenvalue weighted by Gasteiger charge is 2.25. The van der Waals surface area contributed by atoms with Gasteiger partial charge < -0.3 is 5.32 Å². The highest BCUT2D eigenvalue weighted by atomic mass is 14.9. The molecule has 2 aliphatic rings. The van der Waals surface area contributed by atoms with E-state index in [4.69, 9.17) is 0 Å². The maximum Gasteiger partial charge on any atom is 0.0544 e. The first-order chi connectivity index (χ1) is 16.3. The molecule has 0 bridgehead atoms. The van der Waals surface area contributed by atoms with Gasteiger partial charge in [0.05, 0.1) is 5.69 Å². The van der Waals surface area contributed by atoms with Gasteiger partial charge in [0, 0.05) is 22.4 Å². The van der Waals surface area contributed by atoms with E-state index in [-0.39, 0.29) is 0 Å². The van der Waals surface area contributed by atoms with Gasteiger partial charge in [-0.1, -0.05) is 96.6 Å². The number of hydrogen-bond donors (Lipinski definition) is 1. The number of para-hydroxylation sites is 1. The van der Waals surface area contributed by atoms with E-state index in [2.05, 4.69) is 115 Å². The molecular formula is C32H23N. The molecule has 0 unspecified atom stereocenters. The van der Waals surface area contributed by atoms with E-state index in [0.717, 1.165) is 12.1 Å². The summed E-state index contributed by atoms with van der Waals surface area (Å²) in [7, 11) is 0. The molecule has 0 saturated heterocycles. The monoisotopic (exact) mass is 421 g/mol. The Hall–Kier alpha value is -4.10. The van der Waals surface area contributed by atoms with Gasteiger partial charge in [-0.25, -0.2) is 0 Å². The Morgan fingerprint density at radius 3 is 1.97 bits per heavy atom. The summed E-state index contributed by atoms with van der Waals surface area (Å²) in [6.45, 7) is 2.16. The number of rotatable bonds is 1. The van der Waals surface area contributed by atoms with E-state index in [1.54, 1.807) is 0 Å². The number of hydrogen-bond acceptors (Lipinski definition) is 1. The van der Waals surface area contributed by atoms with Crippen molar-refractivity contribution in [1.29, 1.82) is 0 Å². The van der Waals surface area contributed by atoms with E-state index in [1.165, 1.54) is 66.9 Å². The molecule has 0 aromatic heterocycles. The van der Waals surface area contributed by atoms with E-state index in [9.17, 15) is 0 Å². The first kappa shape index (κ1) is 18.5. The Labute approximate surface area is 194 Å². The fourth-order valence-electron chi connectivity index (χ4n) is 5.63. The molecule has 0 spiro atoms. The first-order valence-electron chi connectivity index (χ1n) is 11.6. The van der Waals surface area contributed by atoms with Crippen molar-refractivity contribution in [3.05, 3.63) is 120 Å². The molecule has 5 aromatic carbocycles. The van der Waals surface area contributed by atoms with Crippen LogP contribution in [0.1, 0.15) is 16.7 Å². The number of benzene rings is 5. The van der Waals surface area contributed by atoms with Crippen molar-refractivity contribution in [3.8, 4) is 44.5 Å². The lowest BCUT2D eigenvalue weighted by molar-refractivity contribution is 1.26. The molecule has 0 radical (unpaired) electrons. The van der Waals surface area contributed by atoms with Crippen LogP contribution in [0.5, 0.6) is 0 Å². The topological polar surface area (TPSA) is 12.0 Å². The molecule has 1 aliphatic heterocycles. The molecule has 1 N–H and O–H groups in total. The summed E-state index contributed by atoms with van der Waals surface area (Å²) >= 11 is 0. The van der Waals surface area contributed by atoms with Gasteiger partial charge in [-0.3, -0.25) is 0 Å². The number of anilines is 2. The van der Waals surface area contributed by atoms with Gasteiger partial charge in [-0.15, -0.1) is 0 Å². The fourth-order valence-corrected chi connectivity index (χ4v) is 5.63. The van der Waals surface area contributed by atoms with Crippen molar-refractivity contribution in [3.63, 3.8) is 0 Å². The van der Waals surface area contributed by atoms with Crippen molar-refractivity contribution >= 4 is 11.4 Å². The second-order valence-electron chi connectivity index (χ2n) is 9.12. The molecule has 7 rings (SSSR count). The van der Waals surface area contributed by atoms with Crippen LogP contribution >= 0.6 is 0 Å². The summed E-state index contributed by atoms with van der Waals surface area (Å²) in [4.78, 5) is 0. The molecule has 0 amide bonds. The van der Waals surface area contributed by atoms with Crippen molar-refractivity contribution < 1.29 is 0 Å². The number of nitrogens with one attached hydrogen (secondary N) is 1. The van der Waals surface area contributed by atoms with Crippen molar-refractivity contribution in [2.24, 2.45) is 0 Å². The molecule has 5 aromatic rings. The summed E-state index contributed by atoms with van der Waals surface area (Å²) in [6.07, 6.45) is 1.01. The maximum absolute atomic E-state index is 3.86. The average molecular weight is 422 g/mol. The van der Waals surface area contributed by atoms with Crippen molar-refractivity contribution in [2.75, 3.05) is 5.32 Å². The predicted octanol–water partition coefficient (Wildman–Crippen LogP) is 8.62. The van der Waals surface area contributed by atoms with Crippen LogP contribution < -0.4 is 5.32 Å². The molecule has 0 saturated carbocycles. The smallest absolute Gasteiger partial charge is 0.0544 e. The van der Waals surface area contributed by atoms with E-state index in [1.807, 2.05) is 0 Å². The van der Waals surface area contributed by atoms with Gasteiger partial charge in [0.15, 0.2) is 0 Å². The van der Waals surface area contributed by atoms with Gasteiger partial charge in [-0.05, 0) is 64.4 Å². The average Bonchev–Trinajstić information content (AvgIpc) is 3.17. The molecular weight excluding hydrogens is 398 g/mol. The number of aryl methyl sites for hydroxylation is 1. The lowest BCUT2D eigenvalue weighted by Gasteiger charge is -2.18. The van der Waals surface area contributed by atoms with Crippen LogP contribution in [0.4, 0.5) is 11.4 Å². The van der Waals surface area contributed by atoms with Gasteiger partial charge in [0.25, 0.3) is 0 Å². The van der Waals surface area contributed by atoms with Crippen molar-refractivity contribution in [2.45, 2.75) is 13.3 Å². The lowest BCUT2D eigenvalue weighted by atomic mass is 9.89. The summed E-state index contributed by atoms with van der Waals surface area (Å²) in [6, 6.07) is 37.8. The fraction of sp³-hybridized carbons (Fsp3) is 0.0625. The summed E-state index contributed by atoms with van der Waals surface area (Å²) in [5.74, 6) is 0. The van der Waals surface area contributed by atoms with E-state index < -0.39 is 0 Å². The molecule has 33 heavy (non-hydrogen) atoms. The van der Waals surface area contributed by atoms with Gasteiger partial charge in [0.2, 0.25) is 0 Å². The van der Waals surface area contributed by atoms with Gasteiger partial charge in [0.1, 0.15) is 0 Å². The third-order valence-corrected chi connectivity index (χ3v) is 7.12. The van der Waals surface area contributed by atoms with Crippen molar-refractivity contribution in [1.82, 2.24) is 0 Å². The quantitative estimate of drug-likeness (QED) is 0.280. The molecule has 1 heterocycles. The zero-order valence-corrected chi connectivity index (χ0v) is 18.5. The molecule has 1 heteroatoms. The Morgan fingerprint density at radius 2 is 1.12 bits per heavy atom. The van der Waals surface area contributed by atoms with Crippen LogP contribution in [0.15, 0.2) is 103 Å². The normalized spacial score (nSPS) is 12.5. The van der Waals surface area contributed by atoms with Crippen LogP contribution in [0.3, 0.4) is 0 Å². The van der Waals surface area contributed by atoms with Crippen LogP contribution in [0.2, 0.25) is 0 Å². The van der Waals surface area contributed by atoms with Crippen LogP contribution in [0.25, 0.3) is 44.5 Å². The summed E-state index contributed by atoms with van der Waals surface area (Å²) in [5, 5.41) is 3.86. The summed E-state index contributed by atoms with van der Waals surface area (Å²) in [5.41, 5.74) is 16.8. The first-order valence-corrected chi connectivity index (χ1v) is 11.6. The standard InChI is InChI=1S/C32H23N/c1-20-16-17-30-29(18-20)25-12-5-4-11-24(25)27-14-7-15-28(32(27)33-30)26-13-6-9-22-19-21-8-2-3-10-23(21)31(22)26/h2-18,33H,19H2,1H3. The third-order valence-electron chi connectivity index (χ3n) is 7.12. The Bertz CT molecular complexity index is 1570. The Morgan fingerprint density at radius 1 is 0.515 bits per heavy atom. The molecule has 156 valence electrons. The van der Waals surface area contributed by atoms with Gasteiger partial charge >= 0.3 is 0 Å². The molecule has 0 atom stereocenters. The summed E-state index contributed by atoms with van der Waals surface area (Å²) < 4.78 is 0. The second-order valence-corrected chi connectivity index (χ2v) is 9.12. The van der Waals surface area contributed by atoms with Crippen LogP contribution in [-0.4, -0.2) is 0 Å². The molecule has 1 nitrogen and oxygen atoms in total. The molecule has 1 aliphatic carbocycles. The van der Waals surface area contributed by atoms with Crippen LogP contribution in [0, 0.1) is 6.92 Å². The lowest BCUT2D eigenvalue weighted by Crippen LogP contribution is -1.97. The number of fused-ring (bicyclic) bond motifs is 8. The largest absolute Gasteiger partial charge is 0.354 e. The van der Waals surface area contributed by atoms with E-state index in [0.29, 0.717) is 0 Å². The van der Waals surface area contributed by atoms with Crippen LogP contribution in [-0.2, 0) is 6.42 Å². The highest BCUT2D eigenvalue weighted by Crippen LogP contribution is 2.50. The third kappa shape index (κ3) is 2.72. The highest BCUT2D eigenvalue weighted by molar-refractivity contribution is 6.05. The predicted molar refractivity (Wildman–Crippen MR) is 139 cm³/mol.